The van der Waals surface area contributed by atoms with Crippen LogP contribution in [0, 0.1) is 10.1 Å². The Morgan fingerprint density at radius 1 is 0.848 bits per heavy atom. The maximum absolute atomic E-state index is 12.5. The lowest BCUT2D eigenvalue weighted by Crippen LogP contribution is -2.18. The largest absolute Gasteiger partial charge is 0.322 e. The van der Waals surface area contributed by atoms with Crippen LogP contribution in [-0.4, -0.2) is 23.0 Å². The molecule has 2 amide bonds. The molecule has 0 saturated carbocycles. The van der Waals surface area contributed by atoms with Crippen LogP contribution in [0.5, 0.6) is 0 Å². The Bertz CT molecular complexity index is 1180. The molecule has 168 valence electrons. The molecule has 8 nitrogen and oxygen atoms in total. The van der Waals surface area contributed by atoms with E-state index >= 15 is 0 Å². The summed E-state index contributed by atoms with van der Waals surface area (Å²) in [6, 6.07) is 19.7. The molecule has 0 unspecified atom stereocenters. The van der Waals surface area contributed by atoms with E-state index in [1.807, 2.05) is 12.1 Å². The zero-order chi connectivity index (χ0) is 24.0. The first kappa shape index (κ1) is 23.3. The standard InChI is InChI=1S/C25H24N4O4/c1-25(2,3)20-10-6-18(7-11-20)23(30)27-21-12-8-19(9-13-21)24(31)28-26-16-17-4-14-22(15-5-17)29(32)33/h4-16H,1-3H3,(H,27,30)(H,28,31). The van der Waals surface area contributed by atoms with Crippen LogP contribution in [0.1, 0.15) is 52.6 Å². The first-order valence-corrected chi connectivity index (χ1v) is 10.2. The number of nitro groups is 1. The number of nitrogens with one attached hydrogen (secondary N) is 2. The third-order valence-corrected chi connectivity index (χ3v) is 4.90. The maximum Gasteiger partial charge on any atom is 0.271 e. The van der Waals surface area contributed by atoms with Crippen LogP contribution < -0.4 is 10.7 Å². The third kappa shape index (κ3) is 6.33. The predicted octanol–water partition coefficient (Wildman–Crippen LogP) is 4.91. The van der Waals surface area contributed by atoms with Crippen LogP contribution in [0.25, 0.3) is 0 Å². The van der Waals surface area contributed by atoms with E-state index in [1.54, 1.807) is 36.4 Å². The maximum atomic E-state index is 12.5. The van der Waals surface area contributed by atoms with E-state index < -0.39 is 10.8 Å². The normalized spacial score (nSPS) is 11.2. The summed E-state index contributed by atoms with van der Waals surface area (Å²) in [6.45, 7) is 6.34. The quantitative estimate of drug-likeness (QED) is 0.319. The van der Waals surface area contributed by atoms with Gasteiger partial charge in [0, 0.05) is 28.9 Å². The van der Waals surface area contributed by atoms with Crippen molar-refractivity contribution in [2.24, 2.45) is 5.10 Å². The minimum Gasteiger partial charge on any atom is -0.322 e. The SMILES string of the molecule is CC(C)(C)c1ccc(C(=O)Nc2ccc(C(=O)NN=Cc3ccc([N+](=O)[O-])cc3)cc2)cc1. The Morgan fingerprint density at radius 2 is 1.39 bits per heavy atom. The molecule has 33 heavy (non-hydrogen) atoms. The van der Waals surface area contributed by atoms with Crippen molar-refractivity contribution < 1.29 is 14.5 Å². The van der Waals surface area contributed by atoms with E-state index in [1.165, 1.54) is 30.5 Å². The molecule has 0 radical (unpaired) electrons. The molecule has 3 rings (SSSR count). The number of benzene rings is 3. The number of carbonyl (C=O) groups excluding carboxylic acids is 2. The summed E-state index contributed by atoms with van der Waals surface area (Å²) in [5, 5.41) is 17.3. The average Bonchev–Trinajstić information content (AvgIpc) is 2.79. The molecule has 3 aromatic carbocycles. The Balaban J connectivity index is 1.56. The number of anilines is 1. The minimum absolute atomic E-state index is 0.0112. The molecule has 2 N–H and O–H groups in total. The molecule has 0 saturated heterocycles. The van der Waals surface area contributed by atoms with E-state index in [9.17, 15) is 19.7 Å². The molecule has 0 heterocycles. The zero-order valence-corrected chi connectivity index (χ0v) is 18.5. The first-order chi connectivity index (χ1) is 15.6. The number of carbonyl (C=O) groups is 2. The van der Waals surface area contributed by atoms with Gasteiger partial charge in [0.25, 0.3) is 17.5 Å². The topological polar surface area (TPSA) is 114 Å². The van der Waals surface area contributed by atoms with Gasteiger partial charge < -0.3 is 5.32 Å². The van der Waals surface area contributed by atoms with Gasteiger partial charge in [0.1, 0.15) is 0 Å². The molecule has 0 fully saturated rings. The molecule has 0 atom stereocenters. The third-order valence-electron chi connectivity index (χ3n) is 4.90. The number of hydrazone groups is 1. The molecule has 0 aliphatic carbocycles. The Hall–Kier alpha value is -4.33. The Kier molecular flexibility index (Phi) is 6.97. The van der Waals surface area contributed by atoms with Crippen molar-refractivity contribution in [1.82, 2.24) is 5.43 Å². The van der Waals surface area contributed by atoms with Crippen LogP contribution in [0.3, 0.4) is 0 Å². The molecular weight excluding hydrogens is 420 g/mol. The molecule has 8 heteroatoms. The highest BCUT2D eigenvalue weighted by molar-refractivity contribution is 6.04. The van der Waals surface area contributed by atoms with Crippen molar-refractivity contribution in [3.05, 3.63) is 105 Å². The molecular formula is C25H24N4O4. The molecule has 0 aliphatic heterocycles. The van der Waals surface area contributed by atoms with E-state index in [0.717, 1.165) is 5.56 Å². The monoisotopic (exact) mass is 444 g/mol. The Morgan fingerprint density at radius 3 is 1.94 bits per heavy atom. The number of amides is 2. The van der Waals surface area contributed by atoms with Gasteiger partial charge in [0.15, 0.2) is 0 Å². The van der Waals surface area contributed by atoms with Crippen LogP contribution in [0.15, 0.2) is 77.9 Å². The second-order valence-electron chi connectivity index (χ2n) is 8.41. The van der Waals surface area contributed by atoms with Gasteiger partial charge in [-0.15, -0.1) is 0 Å². The van der Waals surface area contributed by atoms with Gasteiger partial charge in [-0.25, -0.2) is 5.43 Å². The number of rotatable bonds is 6. The molecule has 0 bridgehead atoms. The fourth-order valence-corrected chi connectivity index (χ4v) is 2.94. The molecule has 0 spiro atoms. The van der Waals surface area contributed by atoms with E-state index in [-0.39, 0.29) is 17.0 Å². The fourth-order valence-electron chi connectivity index (χ4n) is 2.94. The molecule has 0 aromatic heterocycles. The number of hydrogen-bond donors (Lipinski definition) is 2. The van der Waals surface area contributed by atoms with E-state index in [2.05, 4.69) is 36.6 Å². The average molecular weight is 444 g/mol. The van der Waals surface area contributed by atoms with Crippen molar-refractivity contribution in [2.75, 3.05) is 5.32 Å². The molecule has 0 aliphatic rings. The van der Waals surface area contributed by atoms with Gasteiger partial charge in [-0.2, -0.15) is 5.10 Å². The lowest BCUT2D eigenvalue weighted by molar-refractivity contribution is -0.384. The minimum atomic E-state index is -0.489. The summed E-state index contributed by atoms with van der Waals surface area (Å²) in [5.41, 5.74) is 5.61. The lowest BCUT2D eigenvalue weighted by atomic mass is 9.87. The summed E-state index contributed by atoms with van der Waals surface area (Å²) in [6.07, 6.45) is 1.39. The lowest BCUT2D eigenvalue weighted by Gasteiger charge is -2.19. The van der Waals surface area contributed by atoms with Crippen molar-refractivity contribution in [3.8, 4) is 0 Å². The summed E-state index contributed by atoms with van der Waals surface area (Å²) >= 11 is 0. The number of non-ortho nitro benzene ring substituents is 1. The van der Waals surface area contributed by atoms with Crippen LogP contribution in [0.2, 0.25) is 0 Å². The predicted molar refractivity (Wildman–Crippen MR) is 128 cm³/mol. The van der Waals surface area contributed by atoms with Gasteiger partial charge in [0.05, 0.1) is 11.1 Å². The van der Waals surface area contributed by atoms with Crippen molar-refractivity contribution >= 4 is 29.4 Å². The van der Waals surface area contributed by atoms with E-state index in [0.29, 0.717) is 22.4 Å². The van der Waals surface area contributed by atoms with Crippen molar-refractivity contribution in [2.45, 2.75) is 26.2 Å². The van der Waals surface area contributed by atoms with Crippen LogP contribution in [-0.2, 0) is 5.41 Å². The number of nitrogens with zero attached hydrogens (tertiary/aromatic N) is 2. The van der Waals surface area contributed by atoms with Gasteiger partial charge in [-0.3, -0.25) is 19.7 Å². The summed E-state index contributed by atoms with van der Waals surface area (Å²) in [4.78, 5) is 34.9. The molecule has 3 aromatic rings. The van der Waals surface area contributed by atoms with Crippen LogP contribution in [0.4, 0.5) is 11.4 Å². The number of hydrogen-bond acceptors (Lipinski definition) is 5. The van der Waals surface area contributed by atoms with Gasteiger partial charge in [-0.05, 0) is 65.1 Å². The van der Waals surface area contributed by atoms with Gasteiger partial charge >= 0.3 is 0 Å². The summed E-state index contributed by atoms with van der Waals surface area (Å²) in [7, 11) is 0. The van der Waals surface area contributed by atoms with Crippen molar-refractivity contribution in [1.29, 1.82) is 0 Å². The summed E-state index contributed by atoms with van der Waals surface area (Å²) in [5.74, 6) is -0.663. The number of nitro benzene ring substituents is 1. The summed E-state index contributed by atoms with van der Waals surface area (Å²) < 4.78 is 0. The van der Waals surface area contributed by atoms with Gasteiger partial charge in [0.2, 0.25) is 0 Å². The van der Waals surface area contributed by atoms with E-state index in [4.69, 9.17) is 0 Å². The Labute approximate surface area is 191 Å². The highest BCUT2D eigenvalue weighted by atomic mass is 16.6. The second kappa shape index (κ2) is 9.86. The van der Waals surface area contributed by atoms with Crippen LogP contribution >= 0.6 is 0 Å². The smallest absolute Gasteiger partial charge is 0.271 e. The fraction of sp³-hybridized carbons (Fsp3) is 0.160. The zero-order valence-electron chi connectivity index (χ0n) is 18.5. The highest BCUT2D eigenvalue weighted by Gasteiger charge is 2.14. The highest BCUT2D eigenvalue weighted by Crippen LogP contribution is 2.22. The van der Waals surface area contributed by atoms with Crippen molar-refractivity contribution in [3.63, 3.8) is 0 Å². The second-order valence-corrected chi connectivity index (χ2v) is 8.41. The van der Waals surface area contributed by atoms with Gasteiger partial charge in [-0.1, -0.05) is 32.9 Å². The first-order valence-electron chi connectivity index (χ1n) is 10.2.